The van der Waals surface area contributed by atoms with Crippen molar-refractivity contribution < 1.29 is 18.8 Å². The third kappa shape index (κ3) is 4.05. The van der Waals surface area contributed by atoms with Crippen LogP contribution in [0.2, 0.25) is 0 Å². The van der Waals surface area contributed by atoms with E-state index in [0.29, 0.717) is 36.7 Å². The van der Waals surface area contributed by atoms with Gasteiger partial charge in [-0.1, -0.05) is 23.3 Å². The van der Waals surface area contributed by atoms with Gasteiger partial charge in [-0.05, 0) is 24.3 Å². The minimum atomic E-state index is -0.672. The van der Waals surface area contributed by atoms with Crippen LogP contribution < -0.4 is 9.70 Å². The zero-order valence-electron chi connectivity index (χ0n) is 16.3. The summed E-state index contributed by atoms with van der Waals surface area (Å²) in [7, 11) is 0. The van der Waals surface area contributed by atoms with E-state index in [2.05, 4.69) is 10.9 Å². The first-order valence-electron chi connectivity index (χ1n) is 9.41. The zero-order valence-corrected chi connectivity index (χ0v) is 17.1. The molecule has 0 atom stereocenters. The summed E-state index contributed by atoms with van der Waals surface area (Å²) in [6, 6.07) is 8.85. The molecule has 0 radical (unpaired) electrons. The summed E-state index contributed by atoms with van der Waals surface area (Å²) < 4.78 is 21.6. The molecule has 0 bridgehead atoms. The van der Waals surface area contributed by atoms with E-state index in [4.69, 9.17) is 11.2 Å². The van der Waals surface area contributed by atoms with Crippen molar-refractivity contribution in [3.8, 4) is 12.3 Å². The van der Waals surface area contributed by atoms with Crippen molar-refractivity contribution in [2.45, 2.75) is 6.54 Å². The molecule has 31 heavy (non-hydrogen) atoms. The Morgan fingerprint density at radius 2 is 2.10 bits per heavy atom. The van der Waals surface area contributed by atoms with Crippen molar-refractivity contribution in [2.24, 2.45) is 4.99 Å². The van der Waals surface area contributed by atoms with E-state index < -0.39 is 16.6 Å². The molecule has 0 unspecified atom stereocenters. The SMILES string of the molecule is C#CCn1c(=NC(=O)c2ccc(N3CCOCC3)c([N+](=O)[O-])c2)sc2cccc(F)c21. The molecule has 1 fully saturated rings. The van der Waals surface area contributed by atoms with Crippen LogP contribution in [-0.2, 0) is 11.3 Å². The molecule has 4 rings (SSSR count). The van der Waals surface area contributed by atoms with Crippen LogP contribution in [0.1, 0.15) is 10.4 Å². The second-order valence-electron chi connectivity index (χ2n) is 6.74. The number of terminal acetylenes is 1. The minimum Gasteiger partial charge on any atom is -0.378 e. The summed E-state index contributed by atoms with van der Waals surface area (Å²) in [5.41, 5.74) is 0.581. The van der Waals surface area contributed by atoms with Crippen molar-refractivity contribution in [3.05, 3.63) is 62.7 Å². The Kier molecular flexibility index (Phi) is 5.79. The first-order valence-corrected chi connectivity index (χ1v) is 10.2. The highest BCUT2D eigenvalue weighted by atomic mass is 32.1. The van der Waals surface area contributed by atoms with E-state index in [9.17, 15) is 19.3 Å². The lowest BCUT2D eigenvalue weighted by molar-refractivity contribution is -0.384. The summed E-state index contributed by atoms with van der Waals surface area (Å²) in [6.07, 6.45) is 5.41. The lowest BCUT2D eigenvalue weighted by Crippen LogP contribution is -2.36. The number of thiazole rings is 1. The van der Waals surface area contributed by atoms with Gasteiger partial charge in [0.05, 0.1) is 34.9 Å². The Bertz CT molecular complexity index is 1280. The van der Waals surface area contributed by atoms with E-state index in [0.717, 1.165) is 11.3 Å². The van der Waals surface area contributed by atoms with Crippen molar-refractivity contribution in [3.63, 3.8) is 0 Å². The van der Waals surface area contributed by atoms with Crippen molar-refractivity contribution in [2.75, 3.05) is 31.2 Å². The van der Waals surface area contributed by atoms with Crippen molar-refractivity contribution >= 4 is 38.8 Å². The van der Waals surface area contributed by atoms with Crippen LogP contribution in [0, 0.1) is 28.3 Å². The van der Waals surface area contributed by atoms with E-state index >= 15 is 0 Å². The van der Waals surface area contributed by atoms with E-state index in [-0.39, 0.29) is 28.1 Å². The van der Waals surface area contributed by atoms with Crippen LogP contribution in [0.25, 0.3) is 10.2 Å². The quantitative estimate of drug-likeness (QED) is 0.354. The molecule has 0 saturated carbocycles. The van der Waals surface area contributed by atoms with E-state index in [1.807, 2.05) is 4.90 Å². The highest BCUT2D eigenvalue weighted by Gasteiger charge is 2.23. The number of nitro groups is 1. The van der Waals surface area contributed by atoms with E-state index in [1.165, 1.54) is 22.8 Å². The predicted molar refractivity (Wildman–Crippen MR) is 115 cm³/mol. The number of fused-ring (bicyclic) bond motifs is 1. The molecule has 0 aliphatic carbocycles. The van der Waals surface area contributed by atoms with Crippen LogP contribution in [0.5, 0.6) is 0 Å². The van der Waals surface area contributed by atoms with Crippen LogP contribution in [-0.4, -0.2) is 41.7 Å². The van der Waals surface area contributed by atoms with Gasteiger partial charge >= 0.3 is 0 Å². The fourth-order valence-electron chi connectivity index (χ4n) is 3.44. The molecule has 10 heteroatoms. The maximum Gasteiger partial charge on any atom is 0.293 e. The Balaban J connectivity index is 1.77. The van der Waals surface area contributed by atoms with Crippen molar-refractivity contribution in [1.29, 1.82) is 0 Å². The van der Waals surface area contributed by atoms with Crippen molar-refractivity contribution in [1.82, 2.24) is 4.57 Å². The molecule has 1 amide bonds. The molecule has 0 N–H and O–H groups in total. The molecule has 3 aromatic rings. The number of anilines is 1. The fourth-order valence-corrected chi connectivity index (χ4v) is 4.48. The molecular weight excluding hydrogens is 423 g/mol. The van der Waals surface area contributed by atoms with Gasteiger partial charge in [0.1, 0.15) is 11.5 Å². The van der Waals surface area contributed by atoms with Gasteiger partial charge < -0.3 is 14.2 Å². The lowest BCUT2D eigenvalue weighted by Gasteiger charge is -2.28. The number of benzene rings is 2. The van der Waals surface area contributed by atoms with Gasteiger partial charge in [0, 0.05) is 24.7 Å². The first kappa shape index (κ1) is 20.7. The maximum absolute atomic E-state index is 14.3. The number of morpholine rings is 1. The molecule has 1 aliphatic rings. The predicted octanol–water partition coefficient (Wildman–Crippen LogP) is 2.96. The van der Waals surface area contributed by atoms with Gasteiger partial charge in [-0.2, -0.15) is 4.99 Å². The number of amides is 1. The number of carbonyl (C=O) groups is 1. The summed E-state index contributed by atoms with van der Waals surface area (Å²) in [5.74, 6) is 1.30. The summed E-state index contributed by atoms with van der Waals surface area (Å²) in [5, 5.41) is 11.6. The van der Waals surface area contributed by atoms with Crippen LogP contribution in [0.3, 0.4) is 0 Å². The van der Waals surface area contributed by atoms with Gasteiger partial charge in [-0.25, -0.2) is 4.39 Å². The van der Waals surface area contributed by atoms with Crippen LogP contribution in [0.4, 0.5) is 15.8 Å². The van der Waals surface area contributed by atoms with Gasteiger partial charge in [-0.3, -0.25) is 14.9 Å². The number of hydrogen-bond acceptors (Lipinski definition) is 6. The number of nitro benzene ring substituents is 1. The lowest BCUT2D eigenvalue weighted by atomic mass is 10.1. The summed E-state index contributed by atoms with van der Waals surface area (Å²) >= 11 is 1.12. The van der Waals surface area contributed by atoms with Gasteiger partial charge in [0.15, 0.2) is 4.80 Å². The number of halogens is 1. The monoisotopic (exact) mass is 440 g/mol. The second kappa shape index (κ2) is 8.67. The number of nitrogens with zero attached hydrogens (tertiary/aromatic N) is 4. The zero-order chi connectivity index (χ0) is 22.0. The third-order valence-corrected chi connectivity index (χ3v) is 5.91. The molecule has 8 nitrogen and oxygen atoms in total. The topological polar surface area (TPSA) is 90.0 Å². The van der Waals surface area contributed by atoms with Gasteiger partial charge in [0.25, 0.3) is 11.6 Å². The minimum absolute atomic E-state index is 0.0309. The number of carbonyl (C=O) groups excluding carboxylic acids is 1. The van der Waals surface area contributed by atoms with Gasteiger partial charge in [0.2, 0.25) is 0 Å². The highest BCUT2D eigenvalue weighted by molar-refractivity contribution is 7.16. The fraction of sp³-hybridized carbons (Fsp3) is 0.238. The largest absolute Gasteiger partial charge is 0.378 e. The average molecular weight is 440 g/mol. The van der Waals surface area contributed by atoms with E-state index in [1.54, 1.807) is 18.2 Å². The average Bonchev–Trinajstić information content (AvgIpc) is 3.12. The number of hydrogen-bond donors (Lipinski definition) is 0. The molecule has 0 spiro atoms. The third-order valence-electron chi connectivity index (χ3n) is 4.87. The highest BCUT2D eigenvalue weighted by Crippen LogP contribution is 2.30. The molecule has 1 aliphatic heterocycles. The number of rotatable bonds is 4. The standard InChI is InChI=1S/C21H17FN4O4S/c1-2-8-25-19-15(22)4-3-5-18(19)31-21(25)23-20(27)14-6-7-16(17(13-14)26(28)29)24-9-11-30-12-10-24/h1,3-7,13H,8-12H2. The Labute approximate surface area is 180 Å². The smallest absolute Gasteiger partial charge is 0.293 e. The maximum atomic E-state index is 14.3. The van der Waals surface area contributed by atoms with Crippen LogP contribution >= 0.6 is 11.3 Å². The Morgan fingerprint density at radius 3 is 2.81 bits per heavy atom. The number of para-hydroxylation sites is 1. The first-order chi connectivity index (χ1) is 15.0. The van der Waals surface area contributed by atoms with Crippen LogP contribution in [0.15, 0.2) is 41.4 Å². The molecule has 2 aromatic carbocycles. The normalized spacial score (nSPS) is 14.6. The second-order valence-corrected chi connectivity index (χ2v) is 7.75. The summed E-state index contributed by atoms with van der Waals surface area (Å²) in [6.45, 7) is 2.04. The molecule has 2 heterocycles. The molecule has 158 valence electrons. The van der Waals surface area contributed by atoms with Gasteiger partial charge in [-0.15, -0.1) is 6.42 Å². The summed E-state index contributed by atoms with van der Waals surface area (Å²) in [4.78, 5) is 30.1. The molecular formula is C21H17FN4O4S. The number of aromatic nitrogens is 1. The number of ether oxygens (including phenoxy) is 1. The Morgan fingerprint density at radius 1 is 1.32 bits per heavy atom. The molecule has 1 aromatic heterocycles. The Hall–Kier alpha value is -3.55. The molecule has 1 saturated heterocycles.